The van der Waals surface area contributed by atoms with Gasteiger partial charge in [0, 0.05) is 7.05 Å². The zero-order valence-electron chi connectivity index (χ0n) is 12.3. The lowest BCUT2D eigenvalue weighted by atomic mass is 10.1. The molecule has 2 N–H and O–H groups in total. The largest absolute Gasteiger partial charge is 0.485 e. The van der Waals surface area contributed by atoms with Gasteiger partial charge in [-0.3, -0.25) is 4.68 Å². The Balaban J connectivity index is 1.86. The lowest BCUT2D eigenvalue weighted by Crippen LogP contribution is -2.06. The molecule has 0 amide bonds. The molecule has 3 aromatic rings. The van der Waals surface area contributed by atoms with Gasteiger partial charge in [0.1, 0.15) is 18.2 Å². The molecule has 0 atom stereocenters. The normalized spacial score (nSPS) is 11.0. The minimum atomic E-state index is 0.273. The van der Waals surface area contributed by atoms with E-state index in [0.29, 0.717) is 17.3 Å². The number of benzene rings is 1. The summed E-state index contributed by atoms with van der Waals surface area (Å²) in [5.41, 5.74) is 8.93. The molecule has 0 aliphatic rings. The van der Waals surface area contributed by atoms with Gasteiger partial charge in [-0.2, -0.15) is 5.10 Å². The predicted octanol–water partition coefficient (Wildman–Crippen LogP) is 2.14. The zero-order valence-corrected chi connectivity index (χ0v) is 12.3. The quantitative estimate of drug-likeness (QED) is 0.796. The third-order valence-corrected chi connectivity index (χ3v) is 3.36. The minimum absolute atomic E-state index is 0.273. The van der Waals surface area contributed by atoms with Gasteiger partial charge in [-0.05, 0) is 25.5 Å². The molecule has 21 heavy (non-hydrogen) atoms. The van der Waals surface area contributed by atoms with Crippen LogP contribution in [0.25, 0.3) is 11.0 Å². The van der Waals surface area contributed by atoms with E-state index >= 15 is 0 Å². The van der Waals surface area contributed by atoms with Crippen molar-refractivity contribution in [3.63, 3.8) is 0 Å². The smallest absolute Gasteiger partial charge is 0.170 e. The molecule has 108 valence electrons. The van der Waals surface area contributed by atoms with Crippen molar-refractivity contribution in [2.75, 3.05) is 5.73 Å². The van der Waals surface area contributed by atoms with Gasteiger partial charge in [-0.15, -0.1) is 0 Å². The predicted molar refractivity (Wildman–Crippen MR) is 81.0 cm³/mol. The van der Waals surface area contributed by atoms with E-state index in [9.17, 15) is 0 Å². The lowest BCUT2D eigenvalue weighted by Gasteiger charge is -2.09. The first-order valence-corrected chi connectivity index (χ1v) is 6.69. The van der Waals surface area contributed by atoms with Crippen LogP contribution in [0.5, 0.6) is 5.75 Å². The Hall–Kier alpha value is -2.63. The van der Waals surface area contributed by atoms with Crippen molar-refractivity contribution in [3.8, 4) is 5.75 Å². The second-order valence-electron chi connectivity index (χ2n) is 5.09. The fraction of sp³-hybridized carbons (Fsp3) is 0.267. The number of rotatable bonds is 3. The third kappa shape index (κ3) is 2.52. The van der Waals surface area contributed by atoms with Gasteiger partial charge in [0.25, 0.3) is 0 Å². The van der Waals surface area contributed by atoms with Gasteiger partial charge >= 0.3 is 0 Å². The Labute approximate surface area is 122 Å². The van der Waals surface area contributed by atoms with Crippen molar-refractivity contribution in [2.24, 2.45) is 7.05 Å². The number of nitrogens with zero attached hydrogens (tertiary/aromatic N) is 4. The van der Waals surface area contributed by atoms with Crippen LogP contribution in [0, 0.1) is 13.8 Å². The minimum Gasteiger partial charge on any atom is -0.485 e. The summed E-state index contributed by atoms with van der Waals surface area (Å²) < 4.78 is 7.46. The molecule has 6 heteroatoms. The molecular formula is C15H17N5O. The van der Waals surface area contributed by atoms with E-state index in [1.54, 1.807) is 10.9 Å². The SMILES string of the molecule is Cc1ccc(OCc2nc(N)c3cnn(C)c3n2)c(C)c1. The number of hydrogen-bond donors (Lipinski definition) is 1. The molecule has 2 heterocycles. The summed E-state index contributed by atoms with van der Waals surface area (Å²) in [6.45, 7) is 4.34. The van der Waals surface area contributed by atoms with Crippen molar-refractivity contribution < 1.29 is 4.74 Å². The van der Waals surface area contributed by atoms with Gasteiger partial charge < -0.3 is 10.5 Å². The fourth-order valence-corrected chi connectivity index (χ4v) is 2.26. The molecule has 0 unspecified atom stereocenters. The molecule has 0 bridgehead atoms. The van der Waals surface area contributed by atoms with E-state index in [1.807, 2.05) is 26.1 Å². The number of ether oxygens (including phenoxy) is 1. The van der Waals surface area contributed by atoms with Crippen LogP contribution in [0.2, 0.25) is 0 Å². The van der Waals surface area contributed by atoms with Crippen LogP contribution in [0.15, 0.2) is 24.4 Å². The van der Waals surface area contributed by atoms with E-state index in [1.165, 1.54) is 5.56 Å². The van der Waals surface area contributed by atoms with Crippen molar-refractivity contribution in [1.82, 2.24) is 19.7 Å². The van der Waals surface area contributed by atoms with Gasteiger partial charge in [-0.1, -0.05) is 17.7 Å². The highest BCUT2D eigenvalue weighted by atomic mass is 16.5. The fourth-order valence-electron chi connectivity index (χ4n) is 2.26. The average Bonchev–Trinajstić information content (AvgIpc) is 2.80. The van der Waals surface area contributed by atoms with Crippen LogP contribution in [0.3, 0.4) is 0 Å². The summed E-state index contributed by atoms with van der Waals surface area (Å²) in [6, 6.07) is 6.05. The van der Waals surface area contributed by atoms with Gasteiger partial charge in [0.05, 0.1) is 11.6 Å². The van der Waals surface area contributed by atoms with E-state index < -0.39 is 0 Å². The Morgan fingerprint density at radius 3 is 2.81 bits per heavy atom. The first-order chi connectivity index (χ1) is 10.0. The van der Waals surface area contributed by atoms with Gasteiger partial charge in [0.15, 0.2) is 11.5 Å². The standard InChI is InChI=1S/C15H17N5O/c1-9-4-5-12(10(2)6-9)21-8-13-18-14(16)11-7-17-20(3)15(11)19-13/h4-7H,8H2,1-3H3,(H2,16,18,19). The van der Waals surface area contributed by atoms with Crippen molar-refractivity contribution in [2.45, 2.75) is 20.5 Å². The van der Waals surface area contributed by atoms with E-state index in [-0.39, 0.29) is 6.61 Å². The lowest BCUT2D eigenvalue weighted by molar-refractivity contribution is 0.294. The second kappa shape index (κ2) is 5.05. The van der Waals surface area contributed by atoms with Crippen LogP contribution in [0.1, 0.15) is 17.0 Å². The van der Waals surface area contributed by atoms with Crippen LogP contribution >= 0.6 is 0 Å². The molecule has 0 aliphatic heterocycles. The molecule has 0 spiro atoms. The van der Waals surface area contributed by atoms with E-state index in [2.05, 4.69) is 28.1 Å². The number of anilines is 1. The molecule has 0 saturated carbocycles. The maximum atomic E-state index is 5.93. The Morgan fingerprint density at radius 1 is 1.24 bits per heavy atom. The van der Waals surface area contributed by atoms with Crippen LogP contribution < -0.4 is 10.5 Å². The molecule has 6 nitrogen and oxygen atoms in total. The Bertz CT molecular complexity index is 809. The van der Waals surface area contributed by atoms with Crippen LogP contribution in [-0.2, 0) is 13.7 Å². The molecule has 0 radical (unpaired) electrons. The number of fused-ring (bicyclic) bond motifs is 1. The van der Waals surface area contributed by atoms with Crippen molar-refractivity contribution in [3.05, 3.63) is 41.3 Å². The number of nitrogens with two attached hydrogens (primary N) is 1. The summed E-state index contributed by atoms with van der Waals surface area (Å²) in [5.74, 6) is 1.80. The highest BCUT2D eigenvalue weighted by molar-refractivity contribution is 5.84. The Morgan fingerprint density at radius 2 is 2.05 bits per heavy atom. The topological polar surface area (TPSA) is 78.9 Å². The molecular weight excluding hydrogens is 266 g/mol. The summed E-state index contributed by atoms with van der Waals surface area (Å²) in [6.07, 6.45) is 1.67. The molecule has 2 aromatic heterocycles. The van der Waals surface area contributed by atoms with Crippen LogP contribution in [-0.4, -0.2) is 19.7 Å². The second-order valence-corrected chi connectivity index (χ2v) is 5.09. The number of aryl methyl sites for hydroxylation is 3. The summed E-state index contributed by atoms with van der Waals surface area (Å²) in [7, 11) is 1.82. The summed E-state index contributed by atoms with van der Waals surface area (Å²) >= 11 is 0. The average molecular weight is 283 g/mol. The number of hydrogen-bond acceptors (Lipinski definition) is 5. The number of aromatic nitrogens is 4. The van der Waals surface area contributed by atoms with Crippen molar-refractivity contribution in [1.29, 1.82) is 0 Å². The molecule has 0 saturated heterocycles. The maximum Gasteiger partial charge on any atom is 0.170 e. The van der Waals surface area contributed by atoms with E-state index in [0.717, 1.165) is 16.7 Å². The third-order valence-electron chi connectivity index (χ3n) is 3.36. The summed E-state index contributed by atoms with van der Waals surface area (Å²) in [5, 5.41) is 4.89. The zero-order chi connectivity index (χ0) is 15.0. The summed E-state index contributed by atoms with van der Waals surface area (Å²) in [4.78, 5) is 8.71. The molecule has 3 rings (SSSR count). The maximum absolute atomic E-state index is 5.93. The van der Waals surface area contributed by atoms with Crippen LogP contribution in [0.4, 0.5) is 5.82 Å². The van der Waals surface area contributed by atoms with Gasteiger partial charge in [0.2, 0.25) is 0 Å². The molecule has 0 fully saturated rings. The molecule has 0 aliphatic carbocycles. The van der Waals surface area contributed by atoms with E-state index in [4.69, 9.17) is 10.5 Å². The Kier molecular flexibility index (Phi) is 3.21. The highest BCUT2D eigenvalue weighted by Gasteiger charge is 2.10. The monoisotopic (exact) mass is 283 g/mol. The first-order valence-electron chi connectivity index (χ1n) is 6.69. The van der Waals surface area contributed by atoms with Crippen molar-refractivity contribution >= 4 is 16.9 Å². The number of nitrogen functional groups attached to an aromatic ring is 1. The molecule has 1 aromatic carbocycles. The van der Waals surface area contributed by atoms with Gasteiger partial charge in [-0.25, -0.2) is 9.97 Å². The highest BCUT2D eigenvalue weighted by Crippen LogP contribution is 2.21. The first kappa shape index (κ1) is 13.4.